The molecule has 0 aromatic heterocycles. The predicted octanol–water partition coefficient (Wildman–Crippen LogP) is 1.07. The summed E-state index contributed by atoms with van der Waals surface area (Å²) in [7, 11) is 0. The van der Waals surface area contributed by atoms with Crippen LogP contribution < -0.4 is 0 Å². The largest absolute Gasteiger partial charge is 0.420 e. The monoisotopic (exact) mass is 209 g/mol. The maximum absolute atomic E-state index is 11.0. The van der Waals surface area contributed by atoms with E-state index in [2.05, 4.69) is 22.6 Å². The van der Waals surface area contributed by atoms with Gasteiger partial charge >= 0.3 is 11.9 Å². The number of ether oxygens (including phenoxy) is 2. The second-order valence-electron chi connectivity index (χ2n) is 2.61. The Kier molecular flexibility index (Phi) is 5.49. The molecule has 5 nitrogen and oxygen atoms in total. The summed E-state index contributed by atoms with van der Waals surface area (Å²) < 4.78 is 9.27. The molecule has 0 amide bonds. The summed E-state index contributed by atoms with van der Waals surface area (Å²) in [6, 6.07) is 1.61. The molecule has 0 N–H and O–H groups in total. The van der Waals surface area contributed by atoms with E-state index in [0.29, 0.717) is 0 Å². The topological polar surface area (TPSA) is 76.4 Å². The van der Waals surface area contributed by atoms with Crippen molar-refractivity contribution in [3.63, 3.8) is 0 Å². The van der Waals surface area contributed by atoms with Crippen molar-refractivity contribution in [2.75, 3.05) is 0 Å². The molecule has 0 aliphatic carbocycles. The van der Waals surface area contributed by atoms with Gasteiger partial charge in [0.1, 0.15) is 6.42 Å². The van der Waals surface area contributed by atoms with Crippen LogP contribution in [0.2, 0.25) is 0 Å². The molecule has 0 heterocycles. The fourth-order valence-electron chi connectivity index (χ4n) is 0.562. The van der Waals surface area contributed by atoms with Crippen molar-refractivity contribution in [3.8, 4) is 6.07 Å². The first-order chi connectivity index (χ1) is 7.01. The van der Waals surface area contributed by atoms with Gasteiger partial charge in [-0.2, -0.15) is 5.26 Å². The van der Waals surface area contributed by atoms with Gasteiger partial charge in [0.15, 0.2) is 0 Å². The maximum atomic E-state index is 11.0. The Balaban J connectivity index is 4.22. The molecule has 15 heavy (non-hydrogen) atoms. The first kappa shape index (κ1) is 12.9. The zero-order valence-electron chi connectivity index (χ0n) is 8.36. The van der Waals surface area contributed by atoms with Crippen LogP contribution in [0.5, 0.6) is 0 Å². The minimum Gasteiger partial charge on any atom is -0.420 e. The molecule has 5 heteroatoms. The summed E-state index contributed by atoms with van der Waals surface area (Å²) in [5, 5.41) is 8.19. The molecule has 1 unspecified atom stereocenters. The van der Waals surface area contributed by atoms with Crippen molar-refractivity contribution in [1.82, 2.24) is 0 Å². The van der Waals surface area contributed by atoms with E-state index in [9.17, 15) is 9.59 Å². The van der Waals surface area contributed by atoms with Crippen LogP contribution in [0.1, 0.15) is 13.3 Å². The van der Waals surface area contributed by atoms with E-state index in [1.165, 1.54) is 6.92 Å². The van der Waals surface area contributed by atoms with Crippen LogP contribution in [0, 0.1) is 11.3 Å². The van der Waals surface area contributed by atoms with Crippen LogP contribution in [-0.4, -0.2) is 18.2 Å². The lowest BCUT2D eigenvalue weighted by atomic mass is 10.4. The second-order valence-corrected chi connectivity index (χ2v) is 2.61. The van der Waals surface area contributed by atoms with Crippen LogP contribution in [0.4, 0.5) is 0 Å². The average molecular weight is 209 g/mol. The van der Waals surface area contributed by atoms with E-state index in [1.54, 1.807) is 6.07 Å². The Morgan fingerprint density at radius 2 is 2.13 bits per heavy atom. The van der Waals surface area contributed by atoms with Gasteiger partial charge < -0.3 is 9.47 Å². The molecule has 0 fully saturated rings. The minimum absolute atomic E-state index is 0.179. The van der Waals surface area contributed by atoms with E-state index in [-0.39, 0.29) is 5.57 Å². The third kappa shape index (κ3) is 5.26. The Hall–Kier alpha value is -2.09. The number of carbonyl (C=O) groups excluding carboxylic acids is 2. The van der Waals surface area contributed by atoms with Crippen molar-refractivity contribution >= 4 is 11.9 Å². The van der Waals surface area contributed by atoms with Gasteiger partial charge in [0.05, 0.1) is 6.07 Å². The minimum atomic E-state index is -1.19. The molecule has 0 saturated carbocycles. The number of nitriles is 1. The van der Waals surface area contributed by atoms with Crippen molar-refractivity contribution in [1.29, 1.82) is 5.26 Å². The van der Waals surface area contributed by atoms with Crippen molar-refractivity contribution < 1.29 is 19.1 Å². The Labute approximate surface area is 87.6 Å². The fourth-order valence-corrected chi connectivity index (χ4v) is 0.562. The van der Waals surface area contributed by atoms with Crippen molar-refractivity contribution in [2.24, 2.45) is 0 Å². The zero-order chi connectivity index (χ0) is 11.8. The Morgan fingerprint density at radius 3 is 2.53 bits per heavy atom. The maximum Gasteiger partial charge on any atom is 0.336 e. The number of rotatable bonds is 5. The third-order valence-electron chi connectivity index (χ3n) is 1.24. The molecule has 0 spiro atoms. The van der Waals surface area contributed by atoms with Crippen molar-refractivity contribution in [2.45, 2.75) is 19.6 Å². The van der Waals surface area contributed by atoms with Gasteiger partial charge in [0, 0.05) is 5.57 Å². The lowest BCUT2D eigenvalue weighted by Gasteiger charge is -2.13. The standard InChI is InChI=1S/C10H11NO4/c1-4-9(14-8(12)5-6-11)15-10(13)7(2)3/h4,9H,1-2,5H2,3H3. The van der Waals surface area contributed by atoms with Gasteiger partial charge in [-0.15, -0.1) is 0 Å². The van der Waals surface area contributed by atoms with Crippen LogP contribution in [0.15, 0.2) is 24.8 Å². The lowest BCUT2D eigenvalue weighted by Crippen LogP contribution is -2.22. The second kappa shape index (κ2) is 6.38. The molecule has 0 radical (unpaired) electrons. The summed E-state index contributed by atoms with van der Waals surface area (Å²) in [4.78, 5) is 21.9. The van der Waals surface area contributed by atoms with E-state index in [1.807, 2.05) is 0 Å². The van der Waals surface area contributed by atoms with E-state index >= 15 is 0 Å². The van der Waals surface area contributed by atoms with Gasteiger partial charge in [-0.3, -0.25) is 4.79 Å². The molecule has 0 aliphatic rings. The highest BCUT2D eigenvalue weighted by Crippen LogP contribution is 2.02. The molecule has 0 aliphatic heterocycles. The van der Waals surface area contributed by atoms with Crippen LogP contribution >= 0.6 is 0 Å². The molecule has 80 valence electrons. The summed E-state index contributed by atoms with van der Waals surface area (Å²) >= 11 is 0. The van der Waals surface area contributed by atoms with Crippen LogP contribution in [0.25, 0.3) is 0 Å². The normalized spacial score (nSPS) is 10.7. The van der Waals surface area contributed by atoms with E-state index < -0.39 is 24.6 Å². The highest BCUT2D eigenvalue weighted by Gasteiger charge is 2.15. The smallest absolute Gasteiger partial charge is 0.336 e. The number of esters is 2. The van der Waals surface area contributed by atoms with Gasteiger partial charge in [-0.05, 0) is 13.0 Å². The fraction of sp³-hybridized carbons (Fsp3) is 0.300. The highest BCUT2D eigenvalue weighted by molar-refractivity contribution is 5.87. The summed E-state index contributed by atoms with van der Waals surface area (Å²) in [6.45, 7) is 8.13. The number of hydrogen-bond donors (Lipinski definition) is 0. The Morgan fingerprint density at radius 1 is 1.53 bits per heavy atom. The van der Waals surface area contributed by atoms with E-state index in [4.69, 9.17) is 5.26 Å². The summed E-state index contributed by atoms with van der Waals surface area (Å²) in [5.41, 5.74) is 0.179. The predicted molar refractivity (Wildman–Crippen MR) is 51.2 cm³/mol. The summed E-state index contributed by atoms with van der Waals surface area (Å²) in [6.07, 6.45) is -0.458. The molecule has 0 aromatic rings. The van der Waals surface area contributed by atoms with Crippen LogP contribution in [0.3, 0.4) is 0 Å². The highest BCUT2D eigenvalue weighted by atomic mass is 16.7. The zero-order valence-corrected chi connectivity index (χ0v) is 8.36. The number of carbonyl (C=O) groups is 2. The molecule has 1 atom stereocenters. The van der Waals surface area contributed by atoms with Crippen LogP contribution in [-0.2, 0) is 19.1 Å². The first-order valence-corrected chi connectivity index (χ1v) is 4.06. The van der Waals surface area contributed by atoms with Gasteiger partial charge in [0.25, 0.3) is 6.29 Å². The molecule has 0 aromatic carbocycles. The van der Waals surface area contributed by atoms with Crippen molar-refractivity contribution in [3.05, 3.63) is 24.8 Å². The third-order valence-corrected chi connectivity index (χ3v) is 1.24. The quantitative estimate of drug-likeness (QED) is 0.293. The lowest BCUT2D eigenvalue weighted by molar-refractivity contribution is -0.175. The first-order valence-electron chi connectivity index (χ1n) is 4.06. The molecule has 0 bridgehead atoms. The number of hydrogen-bond acceptors (Lipinski definition) is 5. The van der Waals surface area contributed by atoms with Gasteiger partial charge in [-0.1, -0.05) is 13.2 Å². The number of nitrogens with zero attached hydrogens (tertiary/aromatic N) is 1. The molecule has 0 rings (SSSR count). The summed E-state index contributed by atoms with van der Waals surface area (Å²) in [5.74, 6) is -1.47. The average Bonchev–Trinajstić information content (AvgIpc) is 2.16. The van der Waals surface area contributed by atoms with Gasteiger partial charge in [-0.25, -0.2) is 4.79 Å². The molecular weight excluding hydrogens is 198 g/mol. The SMILES string of the molecule is C=CC(OC(=O)CC#N)OC(=O)C(=C)C. The molecular formula is C10H11NO4. The molecule has 0 saturated heterocycles. The van der Waals surface area contributed by atoms with E-state index in [0.717, 1.165) is 6.08 Å². The Bertz CT molecular complexity index is 327. The van der Waals surface area contributed by atoms with Gasteiger partial charge in [0.2, 0.25) is 0 Å².